The molecular formula is C13H23N3O4. The van der Waals surface area contributed by atoms with E-state index >= 15 is 0 Å². The van der Waals surface area contributed by atoms with Crippen LogP contribution in [0.5, 0.6) is 0 Å². The summed E-state index contributed by atoms with van der Waals surface area (Å²) < 4.78 is 0. The van der Waals surface area contributed by atoms with Gasteiger partial charge in [0.15, 0.2) is 0 Å². The number of nitrogens with zero attached hydrogens (tertiary/aromatic N) is 2. The average Bonchev–Trinajstić information content (AvgIpc) is 2.37. The number of likely N-dealkylation sites (N-methyl/N-ethyl adjacent to an activating group) is 1. The smallest absolute Gasteiger partial charge is 0.320 e. The summed E-state index contributed by atoms with van der Waals surface area (Å²) in [4.78, 5) is 37.3. The third kappa shape index (κ3) is 3.61. The molecule has 0 saturated carbocycles. The fraction of sp³-hybridized carbons (Fsp3) is 0.769. The number of nitrogens with two attached hydrogens (primary N) is 1. The monoisotopic (exact) mass is 285 g/mol. The molecule has 20 heavy (non-hydrogen) atoms. The zero-order valence-electron chi connectivity index (χ0n) is 12.1. The molecule has 3 N–H and O–H groups in total. The van der Waals surface area contributed by atoms with Crippen LogP contribution >= 0.6 is 0 Å². The van der Waals surface area contributed by atoms with Gasteiger partial charge in [0, 0.05) is 20.1 Å². The number of amides is 3. The molecule has 0 aromatic heterocycles. The van der Waals surface area contributed by atoms with Gasteiger partial charge in [-0.3, -0.25) is 9.59 Å². The molecule has 0 aromatic carbocycles. The van der Waals surface area contributed by atoms with Gasteiger partial charge in [-0.05, 0) is 19.3 Å². The first kappa shape index (κ1) is 16.3. The quantitative estimate of drug-likeness (QED) is 0.767. The summed E-state index contributed by atoms with van der Waals surface area (Å²) in [7, 11) is 1.49. The van der Waals surface area contributed by atoms with Crippen molar-refractivity contribution in [3.8, 4) is 0 Å². The molecule has 114 valence electrons. The first-order valence-corrected chi connectivity index (χ1v) is 6.84. The fourth-order valence-corrected chi connectivity index (χ4v) is 2.80. The van der Waals surface area contributed by atoms with Gasteiger partial charge >= 0.3 is 12.0 Å². The highest BCUT2D eigenvalue weighted by atomic mass is 16.4. The van der Waals surface area contributed by atoms with Crippen molar-refractivity contribution in [1.29, 1.82) is 0 Å². The average molecular weight is 285 g/mol. The normalized spacial score (nSPS) is 22.4. The van der Waals surface area contributed by atoms with Gasteiger partial charge in [0.1, 0.15) is 6.54 Å². The van der Waals surface area contributed by atoms with Crippen LogP contribution in [0, 0.1) is 5.41 Å². The van der Waals surface area contributed by atoms with E-state index in [1.165, 1.54) is 16.8 Å². The van der Waals surface area contributed by atoms with E-state index < -0.39 is 17.3 Å². The van der Waals surface area contributed by atoms with E-state index in [-0.39, 0.29) is 19.1 Å². The summed E-state index contributed by atoms with van der Waals surface area (Å²) in [5.41, 5.74) is 4.20. The molecule has 0 radical (unpaired) electrons. The molecule has 0 aliphatic carbocycles. The Hall–Kier alpha value is -1.79. The SMILES string of the molecule is CCCC1(C(=O)O)CCCN(C(=O)N(C)CC(N)=O)C1. The predicted molar refractivity (Wildman–Crippen MR) is 73.0 cm³/mol. The number of carbonyl (C=O) groups excluding carboxylic acids is 2. The number of urea groups is 1. The van der Waals surface area contributed by atoms with Gasteiger partial charge in [0.25, 0.3) is 0 Å². The zero-order chi connectivity index (χ0) is 15.3. The van der Waals surface area contributed by atoms with Gasteiger partial charge in [-0.15, -0.1) is 0 Å². The first-order chi connectivity index (χ1) is 9.32. The molecular weight excluding hydrogens is 262 g/mol. The molecule has 7 nitrogen and oxygen atoms in total. The molecule has 0 spiro atoms. The zero-order valence-corrected chi connectivity index (χ0v) is 12.1. The summed E-state index contributed by atoms with van der Waals surface area (Å²) in [6, 6.07) is -0.342. The molecule has 1 fully saturated rings. The Morgan fingerprint density at radius 3 is 2.55 bits per heavy atom. The number of hydrogen-bond acceptors (Lipinski definition) is 3. The van der Waals surface area contributed by atoms with Crippen molar-refractivity contribution in [1.82, 2.24) is 9.80 Å². The standard InChI is InChI=1S/C13H23N3O4/c1-3-5-13(11(18)19)6-4-7-16(9-13)12(20)15(2)8-10(14)17/h3-9H2,1-2H3,(H2,14,17)(H,18,19). The Bertz CT molecular complexity index is 395. The summed E-state index contributed by atoms with van der Waals surface area (Å²) in [5.74, 6) is -1.44. The second-order valence-electron chi connectivity index (χ2n) is 5.47. The maximum Gasteiger partial charge on any atom is 0.320 e. The third-order valence-corrected chi connectivity index (χ3v) is 3.75. The Labute approximate surface area is 118 Å². The highest BCUT2D eigenvalue weighted by molar-refractivity contribution is 5.83. The number of hydrogen-bond donors (Lipinski definition) is 2. The molecule has 1 aliphatic heterocycles. The largest absolute Gasteiger partial charge is 0.481 e. The minimum atomic E-state index is -0.865. The van der Waals surface area contributed by atoms with Gasteiger partial charge < -0.3 is 20.6 Å². The summed E-state index contributed by atoms with van der Waals surface area (Å²) in [6.07, 6.45) is 2.54. The molecule has 1 rings (SSSR count). The van der Waals surface area contributed by atoms with Crippen LogP contribution in [0.1, 0.15) is 32.6 Å². The minimum Gasteiger partial charge on any atom is -0.481 e. The van der Waals surface area contributed by atoms with Crippen LogP contribution in [-0.4, -0.2) is 59.5 Å². The molecule has 3 amide bonds. The second kappa shape index (κ2) is 6.58. The van der Waals surface area contributed by atoms with E-state index in [2.05, 4.69) is 0 Å². The molecule has 1 atom stereocenters. The van der Waals surface area contributed by atoms with E-state index in [0.29, 0.717) is 25.8 Å². The number of carboxylic acid groups (broad SMARTS) is 1. The van der Waals surface area contributed by atoms with Crippen LogP contribution in [0.25, 0.3) is 0 Å². The maximum atomic E-state index is 12.2. The van der Waals surface area contributed by atoms with Crippen LogP contribution in [-0.2, 0) is 9.59 Å². The van der Waals surface area contributed by atoms with E-state index in [1.807, 2.05) is 6.92 Å². The van der Waals surface area contributed by atoms with E-state index in [1.54, 1.807) is 0 Å². The molecule has 1 saturated heterocycles. The van der Waals surface area contributed by atoms with Crippen molar-refractivity contribution in [3.05, 3.63) is 0 Å². The van der Waals surface area contributed by atoms with E-state index in [0.717, 1.165) is 6.42 Å². The lowest BCUT2D eigenvalue weighted by atomic mass is 9.76. The number of primary amides is 1. The van der Waals surface area contributed by atoms with E-state index in [9.17, 15) is 19.5 Å². The van der Waals surface area contributed by atoms with Gasteiger partial charge in [-0.25, -0.2) is 4.79 Å². The topological polar surface area (TPSA) is 104 Å². The lowest BCUT2D eigenvalue weighted by Crippen LogP contribution is -2.53. The second-order valence-corrected chi connectivity index (χ2v) is 5.47. The van der Waals surface area contributed by atoms with Gasteiger partial charge in [-0.2, -0.15) is 0 Å². The summed E-state index contributed by atoms with van der Waals surface area (Å²) >= 11 is 0. The first-order valence-electron chi connectivity index (χ1n) is 6.84. The Kier molecular flexibility index (Phi) is 5.35. The van der Waals surface area contributed by atoms with Gasteiger partial charge in [0.2, 0.25) is 5.91 Å². The number of likely N-dealkylation sites (tertiary alicyclic amines) is 1. The van der Waals surface area contributed by atoms with Crippen molar-refractivity contribution < 1.29 is 19.5 Å². The molecule has 0 bridgehead atoms. The number of piperidine rings is 1. The number of rotatable bonds is 5. The Balaban J connectivity index is 2.79. The lowest BCUT2D eigenvalue weighted by Gasteiger charge is -2.41. The minimum absolute atomic E-state index is 0.164. The molecule has 7 heteroatoms. The van der Waals surface area contributed by atoms with Crippen LogP contribution in [0.4, 0.5) is 4.79 Å². The van der Waals surface area contributed by atoms with Gasteiger partial charge in [0.05, 0.1) is 5.41 Å². The van der Waals surface area contributed by atoms with Crippen molar-refractivity contribution in [3.63, 3.8) is 0 Å². The van der Waals surface area contributed by atoms with Crippen molar-refractivity contribution in [2.45, 2.75) is 32.6 Å². The number of aliphatic carboxylic acids is 1. The Morgan fingerprint density at radius 2 is 2.05 bits per heavy atom. The molecule has 0 aromatic rings. The van der Waals surface area contributed by atoms with Crippen LogP contribution in [0.3, 0.4) is 0 Å². The van der Waals surface area contributed by atoms with Crippen molar-refractivity contribution >= 4 is 17.9 Å². The lowest BCUT2D eigenvalue weighted by molar-refractivity contribution is -0.152. The highest BCUT2D eigenvalue weighted by Crippen LogP contribution is 2.35. The Morgan fingerprint density at radius 1 is 1.40 bits per heavy atom. The summed E-state index contributed by atoms with van der Waals surface area (Å²) in [6.45, 7) is 2.48. The maximum absolute atomic E-state index is 12.2. The predicted octanol–water partition coefficient (Wildman–Crippen LogP) is 0.490. The van der Waals surface area contributed by atoms with E-state index in [4.69, 9.17) is 5.73 Å². The summed E-state index contributed by atoms with van der Waals surface area (Å²) in [5, 5.41) is 9.48. The fourth-order valence-electron chi connectivity index (χ4n) is 2.80. The van der Waals surface area contributed by atoms with Crippen LogP contribution < -0.4 is 5.73 Å². The molecule has 1 unspecified atom stereocenters. The highest BCUT2D eigenvalue weighted by Gasteiger charge is 2.43. The van der Waals surface area contributed by atoms with Crippen LogP contribution in [0.15, 0.2) is 0 Å². The van der Waals surface area contributed by atoms with Crippen LogP contribution in [0.2, 0.25) is 0 Å². The number of carboxylic acids is 1. The molecule has 1 heterocycles. The van der Waals surface area contributed by atoms with Crippen molar-refractivity contribution in [2.24, 2.45) is 11.1 Å². The number of carbonyl (C=O) groups is 3. The third-order valence-electron chi connectivity index (χ3n) is 3.75. The van der Waals surface area contributed by atoms with Crippen molar-refractivity contribution in [2.75, 3.05) is 26.7 Å². The van der Waals surface area contributed by atoms with Gasteiger partial charge in [-0.1, -0.05) is 13.3 Å². The molecule has 1 aliphatic rings.